The number of cyclic esters (lactones) is 1. The second-order valence-electron chi connectivity index (χ2n) is 4.72. The van der Waals surface area contributed by atoms with Gasteiger partial charge in [0.2, 0.25) is 5.79 Å². The number of aliphatic hydroxyl groups is 1. The Kier molecular flexibility index (Phi) is 3.17. The molecule has 1 aliphatic heterocycles. The summed E-state index contributed by atoms with van der Waals surface area (Å²) in [7, 11) is 0. The maximum atomic E-state index is 11.4. The van der Waals surface area contributed by atoms with Gasteiger partial charge in [-0.05, 0) is 12.1 Å². The van der Waals surface area contributed by atoms with Crippen LogP contribution in [-0.4, -0.2) is 16.9 Å². The van der Waals surface area contributed by atoms with E-state index in [4.69, 9.17) is 13.9 Å². The van der Waals surface area contributed by atoms with E-state index in [1.165, 1.54) is 12.3 Å². The first kappa shape index (κ1) is 12.7. The molecule has 0 fully saturated rings. The third kappa shape index (κ3) is 2.56. The van der Waals surface area contributed by atoms with Crippen LogP contribution in [0.3, 0.4) is 0 Å². The number of carbonyl (C=O) groups excluding carboxylic acids is 1. The van der Waals surface area contributed by atoms with Crippen molar-refractivity contribution in [2.24, 2.45) is 5.92 Å². The Morgan fingerprint density at radius 1 is 1.33 bits per heavy atom. The minimum Gasteiger partial charge on any atom is -0.467 e. The van der Waals surface area contributed by atoms with Crippen LogP contribution < -0.4 is 0 Å². The van der Waals surface area contributed by atoms with Crippen LogP contribution in [0.15, 0.2) is 34.6 Å². The minimum absolute atomic E-state index is 0.389. The predicted molar refractivity (Wildman–Crippen MR) is 62.2 cm³/mol. The summed E-state index contributed by atoms with van der Waals surface area (Å²) >= 11 is 0. The van der Waals surface area contributed by atoms with Crippen LogP contribution in [0.1, 0.15) is 32.6 Å². The average Bonchev–Trinajstić information content (AvgIpc) is 2.77. The lowest BCUT2D eigenvalue weighted by Gasteiger charge is -2.33. The van der Waals surface area contributed by atoms with Crippen LogP contribution in [-0.2, 0) is 14.3 Å². The van der Waals surface area contributed by atoms with E-state index < -0.39 is 23.8 Å². The molecule has 0 bridgehead atoms. The Morgan fingerprint density at radius 2 is 2.06 bits per heavy atom. The van der Waals surface area contributed by atoms with Gasteiger partial charge in [-0.15, -0.1) is 0 Å². The molecule has 0 spiro atoms. The van der Waals surface area contributed by atoms with Crippen molar-refractivity contribution in [2.75, 3.05) is 0 Å². The van der Waals surface area contributed by atoms with E-state index in [0.717, 1.165) is 0 Å². The molecule has 0 radical (unpaired) electrons. The molecule has 1 aromatic rings. The zero-order valence-electron chi connectivity index (χ0n) is 10.5. The van der Waals surface area contributed by atoms with Crippen molar-refractivity contribution in [1.29, 1.82) is 0 Å². The van der Waals surface area contributed by atoms with Crippen LogP contribution in [0, 0.1) is 5.92 Å². The third-order valence-corrected chi connectivity index (χ3v) is 2.73. The summed E-state index contributed by atoms with van der Waals surface area (Å²) in [6.45, 7) is 5.04. The molecule has 5 heteroatoms. The van der Waals surface area contributed by atoms with Gasteiger partial charge in [0.15, 0.2) is 0 Å². The SMILES string of the molecule is CC(C1=CC(=O)OC(C)(C)O1)C(O)c1ccco1. The Balaban J connectivity index is 2.18. The van der Waals surface area contributed by atoms with E-state index in [0.29, 0.717) is 11.5 Å². The van der Waals surface area contributed by atoms with Crippen LogP contribution >= 0.6 is 0 Å². The van der Waals surface area contributed by atoms with Gasteiger partial charge in [0, 0.05) is 19.8 Å². The quantitative estimate of drug-likeness (QED) is 0.835. The summed E-state index contributed by atoms with van der Waals surface area (Å²) in [5.74, 6) is -1.06. The first-order chi connectivity index (χ1) is 8.39. The molecule has 0 amide bonds. The van der Waals surface area contributed by atoms with Crippen molar-refractivity contribution in [3.8, 4) is 0 Å². The topological polar surface area (TPSA) is 68.9 Å². The van der Waals surface area contributed by atoms with E-state index in [9.17, 15) is 9.90 Å². The molecule has 0 saturated carbocycles. The molecule has 18 heavy (non-hydrogen) atoms. The van der Waals surface area contributed by atoms with Gasteiger partial charge in [0.25, 0.3) is 0 Å². The molecular formula is C13H16O5. The lowest BCUT2D eigenvalue weighted by atomic mass is 9.99. The summed E-state index contributed by atoms with van der Waals surface area (Å²) in [4.78, 5) is 11.4. The Labute approximate surface area is 105 Å². The summed E-state index contributed by atoms with van der Waals surface area (Å²) in [5.41, 5.74) is 0. The van der Waals surface area contributed by atoms with Crippen LogP contribution in [0.2, 0.25) is 0 Å². The van der Waals surface area contributed by atoms with Gasteiger partial charge in [-0.2, -0.15) is 0 Å². The Hall–Kier alpha value is -1.75. The predicted octanol–water partition coefficient (Wildman–Crippen LogP) is 2.14. The first-order valence-electron chi connectivity index (χ1n) is 5.74. The van der Waals surface area contributed by atoms with Gasteiger partial charge in [-0.1, -0.05) is 6.92 Å². The Bertz CT molecular complexity index is 458. The molecule has 5 nitrogen and oxygen atoms in total. The highest BCUT2D eigenvalue weighted by molar-refractivity contribution is 5.83. The first-order valence-corrected chi connectivity index (χ1v) is 5.74. The number of aliphatic hydroxyl groups excluding tert-OH is 1. The number of hydrogen-bond donors (Lipinski definition) is 1. The molecule has 2 atom stereocenters. The second-order valence-corrected chi connectivity index (χ2v) is 4.72. The van der Waals surface area contributed by atoms with Gasteiger partial charge in [-0.25, -0.2) is 4.79 Å². The molecule has 1 aliphatic rings. The molecule has 0 aromatic carbocycles. The van der Waals surface area contributed by atoms with Crippen LogP contribution in [0.25, 0.3) is 0 Å². The largest absolute Gasteiger partial charge is 0.467 e. The molecule has 1 aromatic heterocycles. The molecule has 0 aliphatic carbocycles. The van der Waals surface area contributed by atoms with Crippen molar-refractivity contribution in [3.05, 3.63) is 36.0 Å². The molecule has 98 valence electrons. The van der Waals surface area contributed by atoms with Crippen LogP contribution in [0.5, 0.6) is 0 Å². The monoisotopic (exact) mass is 252 g/mol. The summed E-state index contributed by atoms with van der Waals surface area (Å²) in [6.07, 6.45) is 1.87. The summed E-state index contributed by atoms with van der Waals surface area (Å²) in [6, 6.07) is 3.37. The second kappa shape index (κ2) is 4.49. The number of rotatable bonds is 3. The standard InChI is InChI=1S/C13H16O5/c1-8(12(15)9-5-4-6-16-9)10-7-11(14)18-13(2,3)17-10/h4-8,12,15H,1-3H3. The fourth-order valence-electron chi connectivity index (χ4n) is 1.81. The molecule has 2 rings (SSSR count). The molecular weight excluding hydrogens is 236 g/mol. The van der Waals surface area contributed by atoms with Crippen LogP contribution in [0.4, 0.5) is 0 Å². The fourth-order valence-corrected chi connectivity index (χ4v) is 1.81. The molecule has 2 unspecified atom stereocenters. The lowest BCUT2D eigenvalue weighted by molar-refractivity contribution is -0.209. The number of ether oxygens (including phenoxy) is 2. The highest BCUT2D eigenvalue weighted by atomic mass is 16.7. The normalized spacial score (nSPS) is 21.6. The Morgan fingerprint density at radius 3 is 2.61 bits per heavy atom. The highest BCUT2D eigenvalue weighted by Gasteiger charge is 2.35. The maximum absolute atomic E-state index is 11.4. The van der Waals surface area contributed by atoms with Gasteiger partial charge >= 0.3 is 5.97 Å². The minimum atomic E-state index is -1.02. The van der Waals surface area contributed by atoms with Gasteiger partial charge < -0.3 is 19.0 Å². The van der Waals surface area contributed by atoms with Crippen molar-refractivity contribution in [2.45, 2.75) is 32.7 Å². The number of furan rings is 1. The summed E-state index contributed by atoms with van der Waals surface area (Å²) in [5, 5.41) is 10.1. The van der Waals surface area contributed by atoms with E-state index in [1.54, 1.807) is 32.9 Å². The van der Waals surface area contributed by atoms with Crippen molar-refractivity contribution < 1.29 is 23.8 Å². The van der Waals surface area contributed by atoms with Crippen molar-refractivity contribution in [3.63, 3.8) is 0 Å². The third-order valence-electron chi connectivity index (χ3n) is 2.73. The van der Waals surface area contributed by atoms with E-state index in [-0.39, 0.29) is 0 Å². The number of hydrogen-bond acceptors (Lipinski definition) is 5. The zero-order chi connectivity index (χ0) is 13.3. The van der Waals surface area contributed by atoms with Crippen molar-refractivity contribution >= 4 is 5.97 Å². The van der Waals surface area contributed by atoms with Gasteiger partial charge in [-0.3, -0.25) is 0 Å². The molecule has 1 N–H and O–H groups in total. The smallest absolute Gasteiger partial charge is 0.337 e. The fraction of sp³-hybridized carbons (Fsp3) is 0.462. The molecule has 0 saturated heterocycles. The number of carbonyl (C=O) groups is 1. The van der Waals surface area contributed by atoms with Gasteiger partial charge in [0.1, 0.15) is 17.6 Å². The molecule has 2 heterocycles. The zero-order valence-corrected chi connectivity index (χ0v) is 10.5. The maximum Gasteiger partial charge on any atom is 0.337 e. The highest BCUT2D eigenvalue weighted by Crippen LogP contribution is 2.33. The van der Waals surface area contributed by atoms with Crippen molar-refractivity contribution in [1.82, 2.24) is 0 Å². The average molecular weight is 252 g/mol. The van der Waals surface area contributed by atoms with E-state index >= 15 is 0 Å². The van der Waals surface area contributed by atoms with E-state index in [2.05, 4.69) is 0 Å². The van der Waals surface area contributed by atoms with Gasteiger partial charge in [0.05, 0.1) is 12.3 Å². The number of esters is 1. The van der Waals surface area contributed by atoms with E-state index in [1.807, 2.05) is 0 Å². The summed E-state index contributed by atoms with van der Waals surface area (Å²) < 4.78 is 15.7. The lowest BCUT2D eigenvalue weighted by Crippen LogP contribution is -2.36.